The van der Waals surface area contributed by atoms with Crippen LogP contribution in [-0.4, -0.2) is 52.8 Å². The first-order valence-corrected chi connectivity index (χ1v) is 9.69. The lowest BCUT2D eigenvalue weighted by molar-refractivity contribution is -0.137. The Morgan fingerprint density at radius 2 is 1.76 bits per heavy atom. The monoisotopic (exact) mass is 343 g/mol. The van der Waals surface area contributed by atoms with E-state index in [4.69, 9.17) is 0 Å². The van der Waals surface area contributed by atoms with Crippen LogP contribution >= 0.6 is 0 Å². The summed E-state index contributed by atoms with van der Waals surface area (Å²) in [4.78, 5) is 33.2. The van der Waals surface area contributed by atoms with Crippen LogP contribution in [0.25, 0.3) is 0 Å². The number of aryl methyl sites for hydroxylation is 1. The first-order chi connectivity index (χ1) is 12.2. The zero-order valence-electron chi connectivity index (χ0n) is 15.0. The number of carbonyl (C=O) groups excluding carboxylic acids is 2. The second-order valence-electron chi connectivity index (χ2n) is 7.26. The van der Waals surface area contributed by atoms with Crippen LogP contribution < -0.4 is 0 Å². The maximum Gasteiger partial charge on any atom is 0.225 e. The molecule has 0 unspecified atom stereocenters. The molecule has 2 aliphatic rings. The van der Waals surface area contributed by atoms with Gasteiger partial charge < -0.3 is 9.80 Å². The smallest absolute Gasteiger partial charge is 0.225 e. The van der Waals surface area contributed by atoms with Crippen molar-refractivity contribution >= 4 is 11.8 Å². The molecule has 0 radical (unpaired) electrons. The second kappa shape index (κ2) is 8.97. The highest BCUT2D eigenvalue weighted by molar-refractivity contribution is 5.79. The normalized spacial score (nSPS) is 19.5. The Morgan fingerprint density at radius 3 is 2.52 bits per heavy atom. The van der Waals surface area contributed by atoms with E-state index in [0.29, 0.717) is 25.4 Å². The molecule has 0 atom stereocenters. The third-order valence-corrected chi connectivity index (χ3v) is 5.47. The second-order valence-corrected chi connectivity index (χ2v) is 7.26. The SMILES string of the molecule is O=C(CCc1cccnc1)N1CCCN(C(=O)C2CCCCC2)CC1. The quantitative estimate of drug-likeness (QED) is 0.844. The van der Waals surface area contributed by atoms with Crippen molar-refractivity contribution in [3.63, 3.8) is 0 Å². The molecule has 0 bridgehead atoms. The summed E-state index contributed by atoms with van der Waals surface area (Å²) in [6, 6.07) is 3.91. The number of hydrogen-bond acceptors (Lipinski definition) is 3. The van der Waals surface area contributed by atoms with E-state index in [1.165, 1.54) is 19.3 Å². The maximum absolute atomic E-state index is 12.7. The van der Waals surface area contributed by atoms with E-state index >= 15 is 0 Å². The molecule has 1 aliphatic carbocycles. The molecule has 1 aromatic rings. The largest absolute Gasteiger partial charge is 0.341 e. The first-order valence-electron chi connectivity index (χ1n) is 9.69. The molecule has 2 fully saturated rings. The molecule has 1 saturated heterocycles. The average Bonchev–Trinajstić information content (AvgIpc) is 2.93. The molecule has 25 heavy (non-hydrogen) atoms. The number of pyridine rings is 1. The highest BCUT2D eigenvalue weighted by Crippen LogP contribution is 2.25. The fourth-order valence-electron chi connectivity index (χ4n) is 3.95. The zero-order chi connectivity index (χ0) is 17.5. The summed E-state index contributed by atoms with van der Waals surface area (Å²) >= 11 is 0. The summed E-state index contributed by atoms with van der Waals surface area (Å²) < 4.78 is 0. The van der Waals surface area contributed by atoms with Crippen LogP contribution in [0, 0.1) is 5.92 Å². The van der Waals surface area contributed by atoms with Gasteiger partial charge in [-0.25, -0.2) is 0 Å². The summed E-state index contributed by atoms with van der Waals surface area (Å²) in [6.07, 6.45) is 11.4. The topological polar surface area (TPSA) is 53.5 Å². The van der Waals surface area contributed by atoms with Gasteiger partial charge in [-0.1, -0.05) is 25.3 Å². The molecule has 2 heterocycles. The van der Waals surface area contributed by atoms with E-state index in [-0.39, 0.29) is 11.8 Å². The highest BCUT2D eigenvalue weighted by atomic mass is 16.2. The molecule has 1 aliphatic heterocycles. The molecule has 3 rings (SSSR count). The number of rotatable bonds is 4. The van der Waals surface area contributed by atoms with Crippen molar-refractivity contribution in [1.82, 2.24) is 14.8 Å². The van der Waals surface area contributed by atoms with Gasteiger partial charge in [-0.05, 0) is 37.3 Å². The average molecular weight is 343 g/mol. The van der Waals surface area contributed by atoms with Gasteiger partial charge in [0.25, 0.3) is 0 Å². The molecule has 0 aromatic carbocycles. The summed E-state index contributed by atoms with van der Waals surface area (Å²) in [6.45, 7) is 2.92. The van der Waals surface area contributed by atoms with Gasteiger partial charge in [0, 0.05) is 50.9 Å². The van der Waals surface area contributed by atoms with E-state index < -0.39 is 0 Å². The molecule has 1 aromatic heterocycles. The van der Waals surface area contributed by atoms with Crippen molar-refractivity contribution in [3.05, 3.63) is 30.1 Å². The van der Waals surface area contributed by atoms with E-state index in [0.717, 1.165) is 44.3 Å². The number of aromatic nitrogens is 1. The predicted molar refractivity (Wildman–Crippen MR) is 96.9 cm³/mol. The van der Waals surface area contributed by atoms with Gasteiger partial charge in [0.1, 0.15) is 0 Å². The van der Waals surface area contributed by atoms with Crippen LogP contribution in [-0.2, 0) is 16.0 Å². The summed E-state index contributed by atoms with van der Waals surface area (Å²) in [5, 5.41) is 0. The van der Waals surface area contributed by atoms with E-state index in [9.17, 15) is 9.59 Å². The number of hydrogen-bond donors (Lipinski definition) is 0. The number of nitrogens with zero attached hydrogens (tertiary/aromatic N) is 3. The fraction of sp³-hybridized carbons (Fsp3) is 0.650. The number of carbonyl (C=O) groups is 2. The Morgan fingerprint density at radius 1 is 1.00 bits per heavy atom. The van der Waals surface area contributed by atoms with Gasteiger partial charge in [0.05, 0.1) is 0 Å². The van der Waals surface area contributed by atoms with E-state index in [1.807, 2.05) is 28.1 Å². The Hall–Kier alpha value is -1.91. The third kappa shape index (κ3) is 5.03. The molecule has 5 nitrogen and oxygen atoms in total. The molecule has 2 amide bonds. The Kier molecular flexibility index (Phi) is 6.42. The first kappa shape index (κ1) is 17.9. The van der Waals surface area contributed by atoms with Crippen molar-refractivity contribution < 1.29 is 9.59 Å². The minimum Gasteiger partial charge on any atom is -0.341 e. The van der Waals surface area contributed by atoms with Crippen molar-refractivity contribution in [2.45, 2.75) is 51.4 Å². The minimum atomic E-state index is 0.191. The molecule has 1 saturated carbocycles. The summed E-state index contributed by atoms with van der Waals surface area (Å²) in [7, 11) is 0. The van der Waals surface area contributed by atoms with Crippen LogP contribution in [0.5, 0.6) is 0 Å². The van der Waals surface area contributed by atoms with Crippen LogP contribution in [0.3, 0.4) is 0 Å². The van der Waals surface area contributed by atoms with Crippen LogP contribution in [0.2, 0.25) is 0 Å². The van der Waals surface area contributed by atoms with Gasteiger partial charge in [0.15, 0.2) is 0 Å². The van der Waals surface area contributed by atoms with Crippen molar-refractivity contribution in [2.24, 2.45) is 5.92 Å². The Bertz CT molecular complexity index is 570. The van der Waals surface area contributed by atoms with Gasteiger partial charge in [0.2, 0.25) is 11.8 Å². The molecule has 0 spiro atoms. The van der Waals surface area contributed by atoms with Crippen LogP contribution in [0.1, 0.15) is 50.5 Å². The van der Waals surface area contributed by atoms with Gasteiger partial charge >= 0.3 is 0 Å². The van der Waals surface area contributed by atoms with E-state index in [2.05, 4.69) is 4.98 Å². The van der Waals surface area contributed by atoms with Crippen molar-refractivity contribution in [1.29, 1.82) is 0 Å². The molecule has 136 valence electrons. The Balaban J connectivity index is 1.47. The number of amides is 2. The summed E-state index contributed by atoms with van der Waals surface area (Å²) in [5.74, 6) is 0.738. The predicted octanol–water partition coefficient (Wildman–Crippen LogP) is 2.66. The third-order valence-electron chi connectivity index (χ3n) is 5.47. The van der Waals surface area contributed by atoms with E-state index in [1.54, 1.807) is 6.20 Å². The van der Waals surface area contributed by atoms with Crippen molar-refractivity contribution in [3.8, 4) is 0 Å². The highest BCUT2D eigenvalue weighted by Gasteiger charge is 2.28. The van der Waals surface area contributed by atoms with Crippen LogP contribution in [0.4, 0.5) is 0 Å². The van der Waals surface area contributed by atoms with Gasteiger partial charge in [-0.15, -0.1) is 0 Å². The fourth-order valence-corrected chi connectivity index (χ4v) is 3.95. The minimum absolute atomic E-state index is 0.191. The molecule has 0 N–H and O–H groups in total. The van der Waals surface area contributed by atoms with Crippen molar-refractivity contribution in [2.75, 3.05) is 26.2 Å². The zero-order valence-corrected chi connectivity index (χ0v) is 15.0. The molecular formula is C20H29N3O2. The van der Waals surface area contributed by atoms with Gasteiger partial charge in [-0.3, -0.25) is 14.6 Å². The van der Waals surface area contributed by atoms with Crippen LogP contribution in [0.15, 0.2) is 24.5 Å². The molecular weight excluding hydrogens is 314 g/mol. The maximum atomic E-state index is 12.7. The lowest BCUT2D eigenvalue weighted by Crippen LogP contribution is -2.40. The lowest BCUT2D eigenvalue weighted by atomic mass is 9.88. The lowest BCUT2D eigenvalue weighted by Gasteiger charge is -2.28. The standard InChI is InChI=1S/C20H29N3O2/c24-19(10-9-17-6-4-11-21-16-17)22-12-5-13-23(15-14-22)20(25)18-7-2-1-3-8-18/h4,6,11,16,18H,1-3,5,7-10,12-15H2. The molecule has 5 heteroatoms. The van der Waals surface area contributed by atoms with Gasteiger partial charge in [-0.2, -0.15) is 0 Å². The summed E-state index contributed by atoms with van der Waals surface area (Å²) in [5.41, 5.74) is 1.10. The Labute approximate surface area is 150 Å².